The number of carbonyl (C=O) groups is 2. The Morgan fingerprint density at radius 3 is 2.31 bits per heavy atom. The molecule has 2 saturated carbocycles. The number of urea groups is 1. The predicted molar refractivity (Wildman–Crippen MR) is 133 cm³/mol. The van der Waals surface area contributed by atoms with Gasteiger partial charge in [-0.15, -0.1) is 0 Å². The molecule has 0 unspecified atom stereocenters. The molecule has 0 aromatic heterocycles. The Morgan fingerprint density at radius 2 is 1.63 bits per heavy atom. The van der Waals surface area contributed by atoms with Crippen LogP contribution in [0.3, 0.4) is 0 Å². The minimum absolute atomic E-state index is 0.00605. The van der Waals surface area contributed by atoms with Gasteiger partial charge in [-0.1, -0.05) is 38.5 Å². The summed E-state index contributed by atoms with van der Waals surface area (Å²) in [7, 11) is 0. The van der Waals surface area contributed by atoms with Gasteiger partial charge in [0.25, 0.3) is 0 Å². The van der Waals surface area contributed by atoms with Gasteiger partial charge >= 0.3 is 6.03 Å². The lowest BCUT2D eigenvalue weighted by molar-refractivity contribution is -0.142. The average molecular weight is 486 g/mol. The lowest BCUT2D eigenvalue weighted by atomic mass is 9.84. The molecule has 8 heteroatoms. The molecule has 3 fully saturated rings. The van der Waals surface area contributed by atoms with Crippen molar-refractivity contribution in [1.29, 1.82) is 0 Å². The molecule has 0 radical (unpaired) electrons. The van der Waals surface area contributed by atoms with Crippen LogP contribution in [0.4, 0.5) is 10.5 Å². The third-order valence-electron chi connectivity index (χ3n) is 8.08. The number of rotatable bonds is 6. The Balaban J connectivity index is 1.22. The van der Waals surface area contributed by atoms with E-state index in [9.17, 15) is 14.7 Å². The first-order valence-corrected chi connectivity index (χ1v) is 13.5. The van der Waals surface area contributed by atoms with Gasteiger partial charge in [0.2, 0.25) is 5.91 Å². The van der Waals surface area contributed by atoms with Crippen LogP contribution in [0, 0.1) is 0 Å². The van der Waals surface area contributed by atoms with Crippen LogP contribution < -0.4 is 20.7 Å². The Hall–Kier alpha value is -2.32. The first-order valence-electron chi connectivity index (χ1n) is 13.5. The molecule has 35 heavy (non-hydrogen) atoms. The van der Waals surface area contributed by atoms with E-state index in [-0.39, 0.29) is 55.2 Å². The average Bonchev–Trinajstić information content (AvgIpc) is 3.22. The van der Waals surface area contributed by atoms with E-state index >= 15 is 0 Å². The molecular weight excluding hydrogens is 446 g/mol. The number of anilines is 1. The molecule has 8 nitrogen and oxygen atoms in total. The van der Waals surface area contributed by atoms with Gasteiger partial charge in [0.1, 0.15) is 18.0 Å². The van der Waals surface area contributed by atoms with Crippen LogP contribution in [0.15, 0.2) is 18.2 Å². The minimum Gasteiger partial charge on any atom is -0.487 e. The largest absolute Gasteiger partial charge is 0.487 e. The van der Waals surface area contributed by atoms with Gasteiger partial charge in [-0.05, 0) is 50.3 Å². The van der Waals surface area contributed by atoms with Crippen LogP contribution in [-0.4, -0.2) is 54.0 Å². The van der Waals surface area contributed by atoms with Crippen molar-refractivity contribution in [3.63, 3.8) is 0 Å². The molecule has 2 heterocycles. The zero-order valence-electron chi connectivity index (χ0n) is 20.5. The molecule has 1 saturated heterocycles. The van der Waals surface area contributed by atoms with Crippen molar-refractivity contribution in [3.05, 3.63) is 23.8 Å². The second-order valence-electron chi connectivity index (χ2n) is 10.7. The number of hydrogen-bond donors (Lipinski definition) is 4. The van der Waals surface area contributed by atoms with Crippen molar-refractivity contribution in [2.75, 3.05) is 11.9 Å². The van der Waals surface area contributed by atoms with E-state index in [1.165, 1.54) is 25.7 Å². The lowest BCUT2D eigenvalue weighted by Gasteiger charge is -2.37. The van der Waals surface area contributed by atoms with Gasteiger partial charge < -0.3 is 30.5 Å². The van der Waals surface area contributed by atoms with E-state index in [0.717, 1.165) is 55.5 Å². The van der Waals surface area contributed by atoms with Gasteiger partial charge in [0, 0.05) is 29.3 Å². The highest BCUT2D eigenvalue weighted by molar-refractivity contribution is 5.89. The van der Waals surface area contributed by atoms with Crippen molar-refractivity contribution in [1.82, 2.24) is 10.6 Å². The van der Waals surface area contributed by atoms with Gasteiger partial charge in [0.15, 0.2) is 0 Å². The predicted octanol–water partition coefficient (Wildman–Crippen LogP) is 3.97. The van der Waals surface area contributed by atoms with Crippen LogP contribution in [0.5, 0.6) is 5.75 Å². The van der Waals surface area contributed by atoms with Gasteiger partial charge in [-0.2, -0.15) is 0 Å². The summed E-state index contributed by atoms with van der Waals surface area (Å²) in [5.74, 6) is 0.783. The van der Waals surface area contributed by atoms with Gasteiger partial charge in [-0.3, -0.25) is 4.79 Å². The molecule has 2 aliphatic carbocycles. The second kappa shape index (κ2) is 11.2. The smallest absolute Gasteiger partial charge is 0.319 e. The summed E-state index contributed by atoms with van der Waals surface area (Å²) in [5, 5.41) is 19.2. The summed E-state index contributed by atoms with van der Waals surface area (Å²) < 4.78 is 12.3. The molecule has 192 valence electrons. The molecule has 1 aromatic rings. The van der Waals surface area contributed by atoms with Crippen LogP contribution >= 0.6 is 0 Å². The molecule has 4 atom stereocenters. The highest BCUT2D eigenvalue weighted by Crippen LogP contribution is 2.47. The Bertz CT molecular complexity index is 897. The van der Waals surface area contributed by atoms with E-state index in [1.54, 1.807) is 0 Å². The molecule has 1 aromatic carbocycles. The van der Waals surface area contributed by atoms with Crippen molar-refractivity contribution >= 4 is 17.6 Å². The first-order chi connectivity index (χ1) is 17.1. The third-order valence-corrected chi connectivity index (χ3v) is 8.08. The Kier molecular flexibility index (Phi) is 7.78. The fourth-order valence-corrected chi connectivity index (χ4v) is 6.31. The highest BCUT2D eigenvalue weighted by Gasteiger charge is 2.46. The molecule has 4 aliphatic rings. The standard InChI is InChI=1S/C27H39N3O5/c31-16-24-26-22(14-20(34-24)15-25(32)28-17-7-3-1-4-8-17)21-13-19(11-12-23(21)35-26)30-27(33)29-18-9-5-2-6-10-18/h11-13,17-18,20,22,24,26,31H,1-10,14-16H2,(H,28,32)(H2,29,30,33)/t20-,22+,24-,26-/m0/s1. The molecule has 3 amide bonds. The van der Waals surface area contributed by atoms with Crippen molar-refractivity contribution in [2.24, 2.45) is 0 Å². The maximum Gasteiger partial charge on any atom is 0.319 e. The van der Waals surface area contributed by atoms with Crippen LogP contribution in [0.25, 0.3) is 0 Å². The number of hydrogen-bond acceptors (Lipinski definition) is 5. The fourth-order valence-electron chi connectivity index (χ4n) is 6.31. The summed E-state index contributed by atoms with van der Waals surface area (Å²) in [5.41, 5.74) is 1.73. The third kappa shape index (κ3) is 5.92. The van der Waals surface area contributed by atoms with E-state index in [4.69, 9.17) is 9.47 Å². The maximum absolute atomic E-state index is 12.7. The molecule has 2 aliphatic heterocycles. The number of ether oxygens (including phenoxy) is 2. The lowest BCUT2D eigenvalue weighted by Crippen LogP contribution is -2.48. The number of aliphatic hydroxyl groups is 1. The summed E-state index contributed by atoms with van der Waals surface area (Å²) in [6, 6.07) is 6.03. The Labute approximate surface area is 207 Å². The Morgan fingerprint density at radius 1 is 0.943 bits per heavy atom. The van der Waals surface area contributed by atoms with E-state index in [1.807, 2.05) is 18.2 Å². The molecular formula is C27H39N3O5. The van der Waals surface area contributed by atoms with E-state index < -0.39 is 6.10 Å². The van der Waals surface area contributed by atoms with Gasteiger partial charge in [0.05, 0.1) is 19.1 Å². The normalized spacial score (nSPS) is 28.9. The summed E-state index contributed by atoms with van der Waals surface area (Å²) in [6.45, 7) is -0.162. The van der Waals surface area contributed by atoms with Gasteiger partial charge in [-0.25, -0.2) is 4.79 Å². The van der Waals surface area contributed by atoms with Crippen LogP contribution in [0.1, 0.15) is 88.5 Å². The van der Waals surface area contributed by atoms with E-state index in [0.29, 0.717) is 6.42 Å². The number of fused-ring (bicyclic) bond motifs is 3. The summed E-state index contributed by atoms with van der Waals surface area (Å²) >= 11 is 0. The first kappa shape index (κ1) is 24.4. The van der Waals surface area contributed by atoms with Crippen LogP contribution in [0.2, 0.25) is 0 Å². The summed E-state index contributed by atoms with van der Waals surface area (Å²) in [4.78, 5) is 25.3. The maximum atomic E-state index is 12.7. The van der Waals surface area contributed by atoms with Crippen LogP contribution in [-0.2, 0) is 9.53 Å². The topological polar surface area (TPSA) is 109 Å². The molecule has 5 rings (SSSR count). The fraction of sp³-hybridized carbons (Fsp3) is 0.704. The molecule has 4 N–H and O–H groups in total. The number of aliphatic hydroxyl groups excluding tert-OH is 1. The van der Waals surface area contributed by atoms with Crippen molar-refractivity contribution in [3.8, 4) is 5.75 Å². The highest BCUT2D eigenvalue weighted by atomic mass is 16.6. The second-order valence-corrected chi connectivity index (χ2v) is 10.7. The minimum atomic E-state index is -0.486. The monoisotopic (exact) mass is 485 g/mol. The van der Waals surface area contributed by atoms with Crippen molar-refractivity contribution in [2.45, 2.75) is 113 Å². The number of amides is 3. The SMILES string of the molecule is O=C(C[C@@H]1C[C@@H]2c3cc(NC(=O)NC4CCCCC4)ccc3O[C@@H]2[C@H](CO)O1)NC1CCCCC1. The van der Waals surface area contributed by atoms with E-state index in [2.05, 4.69) is 16.0 Å². The number of benzene rings is 1. The van der Waals surface area contributed by atoms with Crippen molar-refractivity contribution < 1.29 is 24.2 Å². The quantitative estimate of drug-likeness (QED) is 0.488. The summed E-state index contributed by atoms with van der Waals surface area (Å²) in [6.07, 6.45) is 11.2. The number of nitrogens with one attached hydrogen (secondary N) is 3. The zero-order valence-corrected chi connectivity index (χ0v) is 20.5. The zero-order chi connectivity index (χ0) is 24.2. The molecule has 0 bridgehead atoms. The number of carbonyl (C=O) groups excluding carboxylic acids is 2. The molecule has 0 spiro atoms.